The van der Waals surface area contributed by atoms with Crippen LogP contribution in [-0.4, -0.2) is 37.2 Å². The van der Waals surface area contributed by atoms with Crippen LogP contribution >= 0.6 is 0 Å². The summed E-state index contributed by atoms with van der Waals surface area (Å²) in [5, 5.41) is 0. The van der Waals surface area contributed by atoms with Gasteiger partial charge in [0.2, 0.25) is 0 Å². The molecule has 0 fully saturated rings. The topological polar surface area (TPSA) is 78.9 Å². The molecule has 0 amide bonds. The van der Waals surface area contributed by atoms with Gasteiger partial charge in [0.1, 0.15) is 13.2 Å². The van der Waals surface area contributed by atoms with Gasteiger partial charge in [-0.2, -0.15) is 0 Å². The lowest BCUT2D eigenvalue weighted by Gasteiger charge is -2.18. The molecule has 0 aromatic heterocycles. The van der Waals surface area contributed by atoms with E-state index in [0.29, 0.717) is 19.3 Å². The number of rotatable bonds is 48. The standard InChI is InChI=1S/C55H100O6/c1-4-7-10-13-16-19-22-25-27-30-33-36-39-42-45-48-54(57)60-51-52(50-59-53(56)47-44-41-38-35-32-29-24-21-18-15-12-9-6-3)61-55(58)49-46-43-40-37-34-31-28-26-23-20-17-14-11-8-5-2/h16,19,21,24-25,27,52H,4-15,17-18,20,22-23,26,28-51H2,1-3H3. The summed E-state index contributed by atoms with van der Waals surface area (Å²) in [6.45, 7) is 6.60. The van der Waals surface area contributed by atoms with Crippen molar-refractivity contribution in [3.63, 3.8) is 0 Å². The van der Waals surface area contributed by atoms with Crippen LogP contribution in [0.5, 0.6) is 0 Å². The van der Waals surface area contributed by atoms with Gasteiger partial charge in [0.05, 0.1) is 0 Å². The fourth-order valence-corrected chi connectivity index (χ4v) is 7.59. The van der Waals surface area contributed by atoms with E-state index < -0.39 is 6.10 Å². The third-order valence-corrected chi connectivity index (χ3v) is 11.6. The van der Waals surface area contributed by atoms with E-state index in [1.54, 1.807) is 0 Å². The zero-order valence-corrected chi connectivity index (χ0v) is 40.7. The number of carbonyl (C=O) groups is 3. The minimum atomic E-state index is -0.777. The molecule has 6 heteroatoms. The smallest absolute Gasteiger partial charge is 0.306 e. The maximum atomic E-state index is 12.8. The molecule has 0 rings (SSSR count). The Morgan fingerprint density at radius 3 is 0.967 bits per heavy atom. The van der Waals surface area contributed by atoms with E-state index in [2.05, 4.69) is 57.2 Å². The second-order valence-corrected chi connectivity index (χ2v) is 17.8. The van der Waals surface area contributed by atoms with Crippen LogP contribution in [0.1, 0.15) is 278 Å². The van der Waals surface area contributed by atoms with E-state index in [0.717, 1.165) is 83.5 Å². The fourth-order valence-electron chi connectivity index (χ4n) is 7.59. The Morgan fingerprint density at radius 1 is 0.328 bits per heavy atom. The zero-order chi connectivity index (χ0) is 44.4. The van der Waals surface area contributed by atoms with Crippen molar-refractivity contribution < 1.29 is 28.6 Å². The first kappa shape index (κ1) is 58.6. The highest BCUT2D eigenvalue weighted by Crippen LogP contribution is 2.15. The van der Waals surface area contributed by atoms with Crippen LogP contribution in [0.3, 0.4) is 0 Å². The molecule has 0 aliphatic heterocycles. The van der Waals surface area contributed by atoms with Crippen LogP contribution in [0.25, 0.3) is 0 Å². The Morgan fingerprint density at radius 2 is 0.590 bits per heavy atom. The number of allylic oxidation sites excluding steroid dienone is 6. The molecular weight excluding hydrogens is 757 g/mol. The van der Waals surface area contributed by atoms with E-state index in [1.807, 2.05) is 0 Å². The molecule has 0 heterocycles. The highest BCUT2D eigenvalue weighted by Gasteiger charge is 2.19. The van der Waals surface area contributed by atoms with Crippen LogP contribution in [0.2, 0.25) is 0 Å². The van der Waals surface area contributed by atoms with Crippen molar-refractivity contribution in [3.05, 3.63) is 36.5 Å². The molecule has 0 bridgehead atoms. The Balaban J connectivity index is 4.38. The third kappa shape index (κ3) is 48.5. The van der Waals surface area contributed by atoms with Gasteiger partial charge in [-0.15, -0.1) is 0 Å². The van der Waals surface area contributed by atoms with Crippen LogP contribution in [0.15, 0.2) is 36.5 Å². The highest BCUT2D eigenvalue weighted by atomic mass is 16.6. The molecule has 0 aliphatic carbocycles. The highest BCUT2D eigenvalue weighted by molar-refractivity contribution is 5.71. The van der Waals surface area contributed by atoms with Crippen LogP contribution in [-0.2, 0) is 28.6 Å². The molecule has 0 N–H and O–H groups in total. The van der Waals surface area contributed by atoms with Crippen molar-refractivity contribution in [2.24, 2.45) is 0 Å². The van der Waals surface area contributed by atoms with Crippen molar-refractivity contribution in [1.82, 2.24) is 0 Å². The monoisotopic (exact) mass is 857 g/mol. The lowest BCUT2D eigenvalue weighted by molar-refractivity contribution is -0.167. The molecule has 356 valence electrons. The maximum Gasteiger partial charge on any atom is 0.306 e. The number of hydrogen-bond acceptors (Lipinski definition) is 6. The van der Waals surface area contributed by atoms with Gasteiger partial charge < -0.3 is 14.2 Å². The first-order valence-corrected chi connectivity index (χ1v) is 26.5. The van der Waals surface area contributed by atoms with Gasteiger partial charge in [-0.05, 0) is 77.0 Å². The van der Waals surface area contributed by atoms with Crippen molar-refractivity contribution in [2.45, 2.75) is 284 Å². The number of esters is 3. The summed E-state index contributed by atoms with van der Waals surface area (Å²) in [4.78, 5) is 38.0. The number of hydrogen-bond donors (Lipinski definition) is 0. The lowest BCUT2D eigenvalue weighted by atomic mass is 10.0. The van der Waals surface area contributed by atoms with Crippen molar-refractivity contribution in [1.29, 1.82) is 0 Å². The fraction of sp³-hybridized carbons (Fsp3) is 0.836. The van der Waals surface area contributed by atoms with Crippen molar-refractivity contribution in [3.8, 4) is 0 Å². The molecule has 0 radical (unpaired) electrons. The minimum absolute atomic E-state index is 0.0782. The number of ether oxygens (including phenoxy) is 3. The van der Waals surface area contributed by atoms with E-state index in [4.69, 9.17) is 14.2 Å². The predicted molar refractivity (Wildman–Crippen MR) is 261 cm³/mol. The Kier molecular flexibility index (Phi) is 48.3. The van der Waals surface area contributed by atoms with Gasteiger partial charge in [-0.25, -0.2) is 0 Å². The summed E-state index contributed by atoms with van der Waals surface area (Å²) in [6.07, 6.45) is 58.3. The SMILES string of the molecule is CCCCCC=CCC=CCCCCCCCC(=O)OCC(COC(=O)CCCCCCCC=CCCCCCC)OC(=O)CCCCCCCCCCCCCCCCC. The van der Waals surface area contributed by atoms with Crippen molar-refractivity contribution >= 4 is 17.9 Å². The van der Waals surface area contributed by atoms with Crippen LogP contribution in [0, 0.1) is 0 Å². The molecule has 0 saturated heterocycles. The maximum absolute atomic E-state index is 12.8. The van der Waals surface area contributed by atoms with E-state index in [-0.39, 0.29) is 31.1 Å². The second kappa shape index (κ2) is 50.3. The largest absolute Gasteiger partial charge is 0.462 e. The van der Waals surface area contributed by atoms with E-state index >= 15 is 0 Å². The summed E-state index contributed by atoms with van der Waals surface area (Å²) in [7, 11) is 0. The predicted octanol–water partition coefficient (Wildman–Crippen LogP) is 17.3. The molecule has 0 spiro atoms. The molecule has 0 aromatic carbocycles. The molecular formula is C55H100O6. The molecule has 0 aromatic rings. The molecule has 0 saturated carbocycles. The van der Waals surface area contributed by atoms with Gasteiger partial charge in [-0.3, -0.25) is 14.4 Å². The first-order chi connectivity index (χ1) is 30.0. The molecule has 6 nitrogen and oxygen atoms in total. The first-order valence-electron chi connectivity index (χ1n) is 26.5. The average molecular weight is 857 g/mol. The summed E-state index contributed by atoms with van der Waals surface area (Å²) in [5.74, 6) is -0.888. The van der Waals surface area contributed by atoms with Gasteiger partial charge >= 0.3 is 17.9 Å². The Bertz CT molecular complexity index is 1030. The Labute approximate surface area is 378 Å². The summed E-state index contributed by atoms with van der Waals surface area (Å²) in [6, 6.07) is 0. The zero-order valence-electron chi connectivity index (χ0n) is 40.7. The Hall–Kier alpha value is -2.37. The second-order valence-electron chi connectivity index (χ2n) is 17.8. The van der Waals surface area contributed by atoms with Crippen LogP contribution < -0.4 is 0 Å². The average Bonchev–Trinajstić information content (AvgIpc) is 3.26. The van der Waals surface area contributed by atoms with Crippen molar-refractivity contribution in [2.75, 3.05) is 13.2 Å². The summed E-state index contributed by atoms with van der Waals surface area (Å²) >= 11 is 0. The minimum Gasteiger partial charge on any atom is -0.462 e. The van der Waals surface area contributed by atoms with Gasteiger partial charge in [0.15, 0.2) is 6.10 Å². The molecule has 1 atom stereocenters. The quantitative estimate of drug-likeness (QED) is 0.0262. The normalized spacial score (nSPS) is 12.2. The summed E-state index contributed by atoms with van der Waals surface area (Å²) in [5.41, 5.74) is 0. The molecule has 0 aliphatic rings. The van der Waals surface area contributed by atoms with Gasteiger partial charge in [0, 0.05) is 19.3 Å². The molecule has 1 unspecified atom stereocenters. The van der Waals surface area contributed by atoms with E-state index in [1.165, 1.54) is 154 Å². The summed E-state index contributed by atoms with van der Waals surface area (Å²) < 4.78 is 16.8. The number of unbranched alkanes of at least 4 members (excludes halogenated alkanes) is 31. The molecule has 61 heavy (non-hydrogen) atoms. The third-order valence-electron chi connectivity index (χ3n) is 11.6. The van der Waals surface area contributed by atoms with Gasteiger partial charge in [0.25, 0.3) is 0 Å². The van der Waals surface area contributed by atoms with Gasteiger partial charge in [-0.1, -0.05) is 218 Å². The lowest BCUT2D eigenvalue weighted by Crippen LogP contribution is -2.30. The van der Waals surface area contributed by atoms with E-state index in [9.17, 15) is 14.4 Å². The van der Waals surface area contributed by atoms with Crippen LogP contribution in [0.4, 0.5) is 0 Å². The number of carbonyl (C=O) groups excluding carboxylic acids is 3.